The van der Waals surface area contributed by atoms with Crippen molar-refractivity contribution in [3.05, 3.63) is 53.9 Å². The number of hydrogen-bond donors (Lipinski definition) is 2. The Balaban J connectivity index is 1.94. The van der Waals surface area contributed by atoms with Gasteiger partial charge in [-0.1, -0.05) is 24.3 Å². The maximum atomic E-state index is 4.23. The second-order valence-corrected chi connectivity index (χ2v) is 5.25. The molecule has 5 nitrogen and oxygen atoms in total. The second kappa shape index (κ2) is 7.47. The molecule has 5 heteroatoms. The third-order valence-corrected chi connectivity index (χ3v) is 3.00. The van der Waals surface area contributed by atoms with E-state index in [1.165, 1.54) is 11.1 Å². The third kappa shape index (κ3) is 4.95. The van der Waals surface area contributed by atoms with Crippen molar-refractivity contribution in [2.24, 2.45) is 4.99 Å². The number of guanidine groups is 1. The highest BCUT2D eigenvalue weighted by Crippen LogP contribution is 2.07. The highest BCUT2D eigenvalue weighted by Gasteiger charge is 2.01. The van der Waals surface area contributed by atoms with Gasteiger partial charge in [-0.25, -0.2) is 0 Å². The van der Waals surface area contributed by atoms with Gasteiger partial charge in [-0.15, -0.1) is 0 Å². The molecule has 0 saturated carbocycles. The Kier molecular flexibility index (Phi) is 5.37. The molecule has 1 heterocycles. The van der Waals surface area contributed by atoms with Crippen LogP contribution in [0.3, 0.4) is 0 Å². The number of nitrogens with zero attached hydrogens (tertiary/aromatic N) is 3. The molecular formula is C16H23N5. The Morgan fingerprint density at radius 3 is 2.76 bits per heavy atom. The van der Waals surface area contributed by atoms with Crippen molar-refractivity contribution in [3.63, 3.8) is 0 Å². The highest BCUT2D eigenvalue weighted by molar-refractivity contribution is 5.79. The van der Waals surface area contributed by atoms with Gasteiger partial charge in [0.15, 0.2) is 5.96 Å². The Morgan fingerprint density at radius 1 is 1.29 bits per heavy atom. The molecule has 2 aromatic rings. The molecule has 21 heavy (non-hydrogen) atoms. The molecule has 0 radical (unpaired) electrons. The third-order valence-electron chi connectivity index (χ3n) is 3.00. The van der Waals surface area contributed by atoms with Gasteiger partial charge < -0.3 is 10.6 Å². The van der Waals surface area contributed by atoms with Gasteiger partial charge >= 0.3 is 0 Å². The van der Waals surface area contributed by atoms with Crippen molar-refractivity contribution in [3.8, 4) is 0 Å². The van der Waals surface area contributed by atoms with Gasteiger partial charge in [0.2, 0.25) is 0 Å². The summed E-state index contributed by atoms with van der Waals surface area (Å²) in [6.45, 7) is 5.73. The van der Waals surface area contributed by atoms with Gasteiger partial charge in [-0.3, -0.25) is 9.67 Å². The standard InChI is InChI=1S/C16H23N5/c1-13(2)20-16(17-3)18-11-14-6-4-7-15(10-14)12-21-9-5-8-19-21/h4-10,13H,11-12H2,1-3H3,(H2,17,18,20). The SMILES string of the molecule is CN=C(NCc1cccc(Cn2cccn2)c1)NC(C)C. The molecule has 0 aliphatic carbocycles. The molecular weight excluding hydrogens is 262 g/mol. The first-order valence-corrected chi connectivity index (χ1v) is 7.20. The summed E-state index contributed by atoms with van der Waals surface area (Å²) in [5.74, 6) is 0.822. The second-order valence-electron chi connectivity index (χ2n) is 5.25. The van der Waals surface area contributed by atoms with E-state index in [9.17, 15) is 0 Å². The van der Waals surface area contributed by atoms with Gasteiger partial charge in [0.1, 0.15) is 0 Å². The van der Waals surface area contributed by atoms with E-state index in [1.807, 2.05) is 16.9 Å². The molecule has 0 aliphatic rings. The number of hydrogen-bond acceptors (Lipinski definition) is 2. The van der Waals surface area contributed by atoms with E-state index in [-0.39, 0.29) is 0 Å². The van der Waals surface area contributed by atoms with E-state index in [4.69, 9.17) is 0 Å². The first kappa shape index (κ1) is 15.1. The first-order valence-electron chi connectivity index (χ1n) is 7.20. The van der Waals surface area contributed by atoms with Crippen LogP contribution in [0, 0.1) is 0 Å². The lowest BCUT2D eigenvalue weighted by Gasteiger charge is -2.14. The Hall–Kier alpha value is -2.30. The molecule has 0 aliphatic heterocycles. The molecule has 2 rings (SSSR count). The van der Waals surface area contributed by atoms with Crippen LogP contribution in [-0.2, 0) is 13.1 Å². The molecule has 0 bridgehead atoms. The summed E-state index contributed by atoms with van der Waals surface area (Å²) >= 11 is 0. The lowest BCUT2D eigenvalue weighted by Crippen LogP contribution is -2.40. The number of benzene rings is 1. The van der Waals surface area contributed by atoms with Crippen LogP contribution >= 0.6 is 0 Å². The number of rotatable bonds is 5. The number of aliphatic imine (C=N–C) groups is 1. The van der Waals surface area contributed by atoms with Gasteiger partial charge in [0.25, 0.3) is 0 Å². The van der Waals surface area contributed by atoms with E-state index in [1.54, 1.807) is 13.2 Å². The maximum absolute atomic E-state index is 4.23. The summed E-state index contributed by atoms with van der Waals surface area (Å²) in [5, 5.41) is 10.8. The van der Waals surface area contributed by atoms with Crippen LogP contribution in [0.4, 0.5) is 0 Å². The van der Waals surface area contributed by atoms with Crippen molar-refractivity contribution in [1.82, 2.24) is 20.4 Å². The smallest absolute Gasteiger partial charge is 0.191 e. The fourth-order valence-electron chi connectivity index (χ4n) is 2.07. The predicted molar refractivity (Wildman–Crippen MR) is 86.2 cm³/mol. The lowest BCUT2D eigenvalue weighted by molar-refractivity contribution is 0.684. The van der Waals surface area contributed by atoms with Crippen LogP contribution in [0.1, 0.15) is 25.0 Å². The molecule has 2 N–H and O–H groups in total. The normalized spacial score (nSPS) is 11.7. The van der Waals surface area contributed by atoms with E-state index >= 15 is 0 Å². The highest BCUT2D eigenvalue weighted by atomic mass is 15.3. The maximum Gasteiger partial charge on any atom is 0.191 e. The van der Waals surface area contributed by atoms with E-state index in [2.05, 4.69) is 58.8 Å². The average molecular weight is 285 g/mol. The molecule has 0 saturated heterocycles. The molecule has 0 spiro atoms. The van der Waals surface area contributed by atoms with Crippen LogP contribution in [0.2, 0.25) is 0 Å². The number of aromatic nitrogens is 2. The molecule has 0 unspecified atom stereocenters. The molecule has 1 aromatic carbocycles. The zero-order valence-electron chi connectivity index (χ0n) is 12.9. The van der Waals surface area contributed by atoms with Crippen molar-refractivity contribution >= 4 is 5.96 Å². The lowest BCUT2D eigenvalue weighted by atomic mass is 10.1. The van der Waals surface area contributed by atoms with Crippen LogP contribution in [-0.4, -0.2) is 28.8 Å². The van der Waals surface area contributed by atoms with Crippen LogP contribution < -0.4 is 10.6 Å². The molecule has 112 valence electrons. The van der Waals surface area contributed by atoms with Crippen LogP contribution in [0.5, 0.6) is 0 Å². The van der Waals surface area contributed by atoms with E-state index in [0.29, 0.717) is 6.04 Å². The Morgan fingerprint density at radius 2 is 2.10 bits per heavy atom. The van der Waals surface area contributed by atoms with Gasteiger partial charge in [-0.2, -0.15) is 5.10 Å². The summed E-state index contributed by atoms with van der Waals surface area (Å²) in [6.07, 6.45) is 3.77. The van der Waals surface area contributed by atoms with Crippen molar-refractivity contribution in [2.45, 2.75) is 33.0 Å². The molecule has 0 atom stereocenters. The van der Waals surface area contributed by atoms with Crippen molar-refractivity contribution in [1.29, 1.82) is 0 Å². The quantitative estimate of drug-likeness (QED) is 0.652. The average Bonchev–Trinajstić information content (AvgIpc) is 2.96. The topological polar surface area (TPSA) is 54.2 Å². The summed E-state index contributed by atoms with van der Waals surface area (Å²) in [5.41, 5.74) is 2.47. The Labute approximate surface area is 126 Å². The minimum absolute atomic E-state index is 0.363. The largest absolute Gasteiger partial charge is 0.354 e. The van der Waals surface area contributed by atoms with Gasteiger partial charge in [0.05, 0.1) is 6.54 Å². The van der Waals surface area contributed by atoms with Crippen molar-refractivity contribution in [2.75, 3.05) is 7.05 Å². The minimum atomic E-state index is 0.363. The zero-order valence-corrected chi connectivity index (χ0v) is 12.9. The minimum Gasteiger partial charge on any atom is -0.354 e. The summed E-state index contributed by atoms with van der Waals surface area (Å²) in [7, 11) is 1.78. The van der Waals surface area contributed by atoms with Crippen LogP contribution in [0.25, 0.3) is 0 Å². The van der Waals surface area contributed by atoms with Crippen molar-refractivity contribution < 1.29 is 0 Å². The molecule has 0 amide bonds. The van der Waals surface area contributed by atoms with E-state index in [0.717, 1.165) is 19.0 Å². The monoisotopic (exact) mass is 285 g/mol. The van der Waals surface area contributed by atoms with E-state index < -0.39 is 0 Å². The fraction of sp³-hybridized carbons (Fsp3) is 0.375. The number of nitrogens with one attached hydrogen (secondary N) is 2. The first-order chi connectivity index (χ1) is 10.2. The molecule has 0 fully saturated rings. The van der Waals surface area contributed by atoms with Gasteiger partial charge in [0, 0.05) is 32.0 Å². The Bertz CT molecular complexity index is 572. The van der Waals surface area contributed by atoms with Gasteiger partial charge in [-0.05, 0) is 31.0 Å². The summed E-state index contributed by atoms with van der Waals surface area (Å²) < 4.78 is 1.92. The summed E-state index contributed by atoms with van der Waals surface area (Å²) in [6, 6.07) is 10.8. The van der Waals surface area contributed by atoms with Crippen LogP contribution in [0.15, 0.2) is 47.7 Å². The molecule has 1 aromatic heterocycles. The fourth-order valence-corrected chi connectivity index (χ4v) is 2.07. The summed E-state index contributed by atoms with van der Waals surface area (Å²) in [4.78, 5) is 4.21. The predicted octanol–water partition coefficient (Wildman–Crippen LogP) is 2.00. The zero-order chi connectivity index (χ0) is 15.1.